The van der Waals surface area contributed by atoms with Crippen molar-refractivity contribution in [2.75, 3.05) is 11.1 Å². The smallest absolute Gasteiger partial charge is 0.0798 e. The van der Waals surface area contributed by atoms with Crippen molar-refractivity contribution in [2.45, 2.75) is 13.5 Å². The average Bonchev–Trinajstić information content (AvgIpc) is 2.81. The van der Waals surface area contributed by atoms with Crippen LogP contribution in [0.2, 0.25) is 0 Å². The Labute approximate surface area is 115 Å². The van der Waals surface area contributed by atoms with E-state index in [1.807, 2.05) is 36.7 Å². The highest BCUT2D eigenvalue weighted by atomic mass is 32.1. The monoisotopic (exact) mass is 270 g/mol. The van der Waals surface area contributed by atoms with Crippen molar-refractivity contribution in [2.24, 2.45) is 0 Å². The molecule has 0 atom stereocenters. The summed E-state index contributed by atoms with van der Waals surface area (Å²) in [5, 5.41) is 4.52. The van der Waals surface area contributed by atoms with Crippen LogP contribution < -0.4 is 11.1 Å². The molecule has 0 saturated carbocycles. The summed E-state index contributed by atoms with van der Waals surface area (Å²) in [7, 11) is 0. The lowest BCUT2D eigenvalue weighted by Crippen LogP contribution is -2.00. The third-order valence-corrected chi connectivity index (χ3v) is 3.99. The highest BCUT2D eigenvalue weighted by molar-refractivity contribution is 7.09. The zero-order chi connectivity index (χ0) is 13.2. The number of nitrogens with two attached hydrogens (primary N) is 1. The van der Waals surface area contributed by atoms with Crippen LogP contribution in [0.15, 0.2) is 36.0 Å². The van der Waals surface area contributed by atoms with Gasteiger partial charge in [-0.15, -0.1) is 11.3 Å². The van der Waals surface area contributed by atoms with Crippen LogP contribution in [0.1, 0.15) is 10.6 Å². The van der Waals surface area contributed by atoms with Gasteiger partial charge in [0.15, 0.2) is 0 Å². The number of nitrogen functional groups attached to an aromatic ring is 1. The van der Waals surface area contributed by atoms with E-state index in [9.17, 15) is 0 Å². The van der Waals surface area contributed by atoms with Crippen LogP contribution in [-0.2, 0) is 6.54 Å². The molecule has 0 aliphatic rings. The summed E-state index contributed by atoms with van der Waals surface area (Å²) >= 11 is 1.67. The predicted molar refractivity (Wildman–Crippen MR) is 80.3 cm³/mol. The molecule has 1 aromatic carbocycles. The van der Waals surface area contributed by atoms with Crippen LogP contribution in [0.4, 0.5) is 11.4 Å². The highest BCUT2D eigenvalue weighted by Crippen LogP contribution is 2.24. The fraction of sp³-hybridized carbons (Fsp3) is 0.143. The first-order valence-corrected chi connectivity index (χ1v) is 6.89. The fourth-order valence-electron chi connectivity index (χ4n) is 1.99. The molecule has 0 aliphatic carbocycles. The molecule has 0 fully saturated rings. The topological polar surface area (TPSA) is 63.8 Å². The van der Waals surface area contributed by atoms with Crippen molar-refractivity contribution in [1.82, 2.24) is 9.97 Å². The van der Waals surface area contributed by atoms with E-state index < -0.39 is 0 Å². The van der Waals surface area contributed by atoms with Crippen molar-refractivity contribution >= 4 is 33.6 Å². The second kappa shape index (κ2) is 4.85. The van der Waals surface area contributed by atoms with Crippen LogP contribution >= 0.6 is 11.3 Å². The Morgan fingerprint density at radius 3 is 2.95 bits per heavy atom. The Morgan fingerprint density at radius 1 is 1.26 bits per heavy atom. The highest BCUT2D eigenvalue weighted by Gasteiger charge is 2.04. The first kappa shape index (κ1) is 11.9. The summed E-state index contributed by atoms with van der Waals surface area (Å²) in [6.07, 6.45) is 1.80. The molecule has 2 heterocycles. The third-order valence-electron chi connectivity index (χ3n) is 3.05. The Morgan fingerprint density at radius 2 is 2.16 bits per heavy atom. The minimum Gasteiger partial charge on any atom is -0.399 e. The van der Waals surface area contributed by atoms with Gasteiger partial charge in [-0.05, 0) is 31.2 Å². The van der Waals surface area contributed by atoms with Crippen molar-refractivity contribution in [1.29, 1.82) is 0 Å². The molecule has 3 N–H and O–H groups in total. The van der Waals surface area contributed by atoms with Crippen LogP contribution in [0.3, 0.4) is 0 Å². The normalized spacial score (nSPS) is 10.8. The van der Waals surface area contributed by atoms with E-state index in [2.05, 4.69) is 15.3 Å². The molecule has 0 radical (unpaired) electrons. The number of aryl methyl sites for hydroxylation is 1. The zero-order valence-corrected chi connectivity index (χ0v) is 11.4. The lowest BCUT2D eigenvalue weighted by atomic mass is 10.1. The number of hydrogen-bond donors (Lipinski definition) is 2. The minimum atomic E-state index is 0.732. The number of nitrogens with one attached hydrogen (secondary N) is 1. The maximum atomic E-state index is 5.78. The van der Waals surface area contributed by atoms with Gasteiger partial charge in [-0.25, -0.2) is 4.98 Å². The van der Waals surface area contributed by atoms with Crippen LogP contribution in [0.5, 0.6) is 0 Å². The molecule has 0 aliphatic heterocycles. The van der Waals surface area contributed by atoms with Gasteiger partial charge >= 0.3 is 0 Å². The lowest BCUT2D eigenvalue weighted by molar-refractivity contribution is 1.12. The van der Waals surface area contributed by atoms with E-state index >= 15 is 0 Å². The summed E-state index contributed by atoms with van der Waals surface area (Å²) in [4.78, 5) is 9.84. The third kappa shape index (κ3) is 2.37. The first-order chi connectivity index (χ1) is 9.24. The van der Waals surface area contributed by atoms with Crippen molar-refractivity contribution < 1.29 is 0 Å². The summed E-state index contributed by atoms with van der Waals surface area (Å²) in [6.45, 7) is 2.80. The second-order valence-corrected chi connectivity index (χ2v) is 5.29. The summed E-state index contributed by atoms with van der Waals surface area (Å²) in [6, 6.07) is 7.76. The number of thiazole rings is 1. The number of nitrogens with zero attached hydrogens (tertiary/aromatic N) is 2. The molecular weight excluding hydrogens is 256 g/mol. The molecule has 2 aromatic heterocycles. The molecule has 4 nitrogen and oxygen atoms in total. The minimum absolute atomic E-state index is 0.732. The molecule has 0 bridgehead atoms. The van der Waals surface area contributed by atoms with Gasteiger partial charge in [0.25, 0.3) is 0 Å². The van der Waals surface area contributed by atoms with Gasteiger partial charge in [-0.2, -0.15) is 0 Å². The van der Waals surface area contributed by atoms with E-state index in [4.69, 9.17) is 5.73 Å². The first-order valence-electron chi connectivity index (χ1n) is 6.01. The summed E-state index contributed by atoms with van der Waals surface area (Å²) in [5.74, 6) is 0. The number of pyridine rings is 1. The van der Waals surface area contributed by atoms with E-state index in [1.54, 1.807) is 17.5 Å². The number of aromatic nitrogens is 2. The molecular formula is C14H14N4S. The van der Waals surface area contributed by atoms with Crippen LogP contribution in [-0.4, -0.2) is 9.97 Å². The zero-order valence-electron chi connectivity index (χ0n) is 10.6. The van der Waals surface area contributed by atoms with Gasteiger partial charge in [-0.1, -0.05) is 0 Å². The number of anilines is 2. The predicted octanol–water partition coefficient (Wildman–Crippen LogP) is 3.19. The largest absolute Gasteiger partial charge is 0.399 e. The molecule has 0 amide bonds. The van der Waals surface area contributed by atoms with Gasteiger partial charge in [0.1, 0.15) is 0 Å². The standard InChI is InChI=1S/C14H14N4S/c1-9-14(19-8-18-9)7-17-12-4-5-16-13-6-10(15)2-3-11(12)13/h2-6,8H,7,15H2,1H3,(H,16,17). The molecule has 96 valence electrons. The van der Waals surface area contributed by atoms with Crippen molar-refractivity contribution in [3.63, 3.8) is 0 Å². The Balaban J connectivity index is 1.91. The van der Waals surface area contributed by atoms with E-state index in [1.165, 1.54) is 4.88 Å². The number of benzene rings is 1. The molecule has 0 spiro atoms. The summed E-state index contributed by atoms with van der Waals surface area (Å²) in [5.41, 5.74) is 11.4. The molecule has 3 rings (SSSR count). The molecule has 3 aromatic rings. The van der Waals surface area contributed by atoms with Gasteiger partial charge in [0.05, 0.1) is 23.3 Å². The van der Waals surface area contributed by atoms with Gasteiger partial charge in [0.2, 0.25) is 0 Å². The Hall–Kier alpha value is -2.14. The fourth-order valence-corrected chi connectivity index (χ4v) is 2.71. The molecule has 0 saturated heterocycles. The van der Waals surface area contributed by atoms with E-state index in [-0.39, 0.29) is 0 Å². The van der Waals surface area contributed by atoms with E-state index in [0.717, 1.165) is 34.5 Å². The van der Waals surface area contributed by atoms with Gasteiger partial charge < -0.3 is 11.1 Å². The number of rotatable bonds is 3. The number of hydrogen-bond acceptors (Lipinski definition) is 5. The van der Waals surface area contributed by atoms with Crippen molar-refractivity contribution in [3.05, 3.63) is 46.5 Å². The maximum Gasteiger partial charge on any atom is 0.0798 e. The van der Waals surface area contributed by atoms with Crippen LogP contribution in [0.25, 0.3) is 10.9 Å². The SMILES string of the molecule is Cc1ncsc1CNc1ccnc2cc(N)ccc12. The van der Waals surface area contributed by atoms with Gasteiger partial charge in [-0.3, -0.25) is 4.98 Å². The average molecular weight is 270 g/mol. The Bertz CT molecular complexity index is 720. The van der Waals surface area contributed by atoms with Crippen LogP contribution in [0, 0.1) is 6.92 Å². The molecule has 0 unspecified atom stereocenters. The van der Waals surface area contributed by atoms with Crippen molar-refractivity contribution in [3.8, 4) is 0 Å². The number of fused-ring (bicyclic) bond motifs is 1. The quantitative estimate of drug-likeness (QED) is 0.717. The second-order valence-electron chi connectivity index (χ2n) is 4.35. The molecule has 5 heteroatoms. The van der Waals surface area contributed by atoms with Gasteiger partial charge in [0, 0.05) is 27.8 Å². The summed E-state index contributed by atoms with van der Waals surface area (Å²) < 4.78 is 0. The maximum absolute atomic E-state index is 5.78. The van der Waals surface area contributed by atoms with E-state index in [0.29, 0.717) is 0 Å². The Kier molecular flexibility index (Phi) is 3.05. The molecule has 19 heavy (non-hydrogen) atoms. The lowest BCUT2D eigenvalue weighted by Gasteiger charge is -2.09.